The van der Waals surface area contributed by atoms with E-state index in [1.165, 1.54) is 11.1 Å². The molecule has 4 heteroatoms. The lowest BCUT2D eigenvalue weighted by Gasteiger charge is -2.26. The van der Waals surface area contributed by atoms with E-state index in [9.17, 15) is 4.79 Å². The minimum Gasteiger partial charge on any atom is -0.494 e. The molecule has 0 unspecified atom stereocenters. The third-order valence-electron chi connectivity index (χ3n) is 4.33. The normalized spacial score (nSPS) is 14.3. The fourth-order valence-electron chi connectivity index (χ4n) is 3.06. The molecule has 0 radical (unpaired) electrons. The zero-order valence-corrected chi connectivity index (χ0v) is 14.8. The number of nitrogens with one attached hydrogen (secondary N) is 1. The molecule has 1 heterocycles. The number of anilines is 1. The Balaban J connectivity index is 1.66. The first kappa shape index (κ1) is 17.2. The number of benzene rings is 2. The van der Waals surface area contributed by atoms with E-state index < -0.39 is 0 Å². The lowest BCUT2D eigenvalue weighted by atomic mass is 9.98. The van der Waals surface area contributed by atoms with Crippen LogP contribution in [0.1, 0.15) is 23.6 Å². The molecule has 1 aliphatic heterocycles. The van der Waals surface area contributed by atoms with Gasteiger partial charge in [-0.05, 0) is 61.4 Å². The summed E-state index contributed by atoms with van der Waals surface area (Å²) in [6, 6.07) is 13.8. The van der Waals surface area contributed by atoms with Crippen LogP contribution in [-0.4, -0.2) is 31.0 Å². The monoisotopic (exact) mass is 336 g/mol. The summed E-state index contributed by atoms with van der Waals surface area (Å²) in [5, 5.41) is 3.02. The molecule has 0 saturated heterocycles. The standard InChI is InChI=1S/C21H24N2O2/c1-3-25-18-10-7-16(8-11-18)9-12-21(24)22-20-6-4-5-17-15-23(2)14-13-19(17)20/h4-12H,3,13-15H2,1-2H3,(H,22,24)/b12-9+. The second-order valence-corrected chi connectivity index (χ2v) is 6.26. The molecule has 0 aromatic heterocycles. The van der Waals surface area contributed by atoms with Crippen molar-refractivity contribution in [1.29, 1.82) is 0 Å². The number of fused-ring (bicyclic) bond motifs is 1. The Morgan fingerprint density at radius 2 is 2.04 bits per heavy atom. The Morgan fingerprint density at radius 1 is 1.24 bits per heavy atom. The summed E-state index contributed by atoms with van der Waals surface area (Å²) in [5.41, 5.74) is 4.44. The van der Waals surface area contributed by atoms with Gasteiger partial charge in [-0.25, -0.2) is 0 Å². The summed E-state index contributed by atoms with van der Waals surface area (Å²) in [6.45, 7) is 4.55. The largest absolute Gasteiger partial charge is 0.494 e. The maximum atomic E-state index is 12.3. The Morgan fingerprint density at radius 3 is 2.80 bits per heavy atom. The van der Waals surface area contributed by atoms with Crippen molar-refractivity contribution in [2.24, 2.45) is 0 Å². The number of likely N-dealkylation sites (N-methyl/N-ethyl adjacent to an activating group) is 1. The highest BCUT2D eigenvalue weighted by Gasteiger charge is 2.16. The number of nitrogens with zero attached hydrogens (tertiary/aromatic N) is 1. The van der Waals surface area contributed by atoms with Crippen molar-refractivity contribution in [2.45, 2.75) is 19.9 Å². The average molecular weight is 336 g/mol. The summed E-state index contributed by atoms with van der Waals surface area (Å²) in [6.07, 6.45) is 4.35. The molecule has 0 bridgehead atoms. The first-order chi connectivity index (χ1) is 12.2. The van der Waals surface area contributed by atoms with E-state index in [1.807, 2.05) is 49.4 Å². The predicted octanol–water partition coefficient (Wildman–Crippen LogP) is 3.73. The van der Waals surface area contributed by atoms with Gasteiger partial charge in [0.15, 0.2) is 0 Å². The van der Waals surface area contributed by atoms with Crippen molar-refractivity contribution in [3.8, 4) is 5.75 Å². The van der Waals surface area contributed by atoms with E-state index in [-0.39, 0.29) is 5.91 Å². The Labute approximate surface area is 149 Å². The van der Waals surface area contributed by atoms with Crippen LogP contribution >= 0.6 is 0 Å². The second-order valence-electron chi connectivity index (χ2n) is 6.26. The fraction of sp³-hybridized carbons (Fsp3) is 0.286. The Bertz CT molecular complexity index is 766. The number of rotatable bonds is 5. The van der Waals surface area contributed by atoms with Crippen LogP contribution in [0.25, 0.3) is 6.08 Å². The number of hydrogen-bond acceptors (Lipinski definition) is 3. The average Bonchev–Trinajstić information content (AvgIpc) is 2.61. The molecule has 1 N–H and O–H groups in total. The maximum Gasteiger partial charge on any atom is 0.248 e. The van der Waals surface area contributed by atoms with Crippen molar-refractivity contribution in [1.82, 2.24) is 4.90 Å². The van der Waals surface area contributed by atoms with E-state index in [2.05, 4.69) is 23.3 Å². The minimum absolute atomic E-state index is 0.110. The van der Waals surface area contributed by atoms with Gasteiger partial charge < -0.3 is 15.0 Å². The number of amides is 1. The topological polar surface area (TPSA) is 41.6 Å². The van der Waals surface area contributed by atoms with Gasteiger partial charge in [0.1, 0.15) is 5.75 Å². The molecule has 0 saturated carbocycles. The Hall–Kier alpha value is -2.59. The minimum atomic E-state index is -0.110. The highest BCUT2D eigenvalue weighted by Crippen LogP contribution is 2.25. The zero-order valence-electron chi connectivity index (χ0n) is 14.8. The van der Waals surface area contributed by atoms with Gasteiger partial charge in [0.25, 0.3) is 0 Å². The lowest BCUT2D eigenvalue weighted by molar-refractivity contribution is -0.111. The number of carbonyl (C=O) groups is 1. The smallest absolute Gasteiger partial charge is 0.248 e. The molecule has 0 aliphatic carbocycles. The lowest BCUT2D eigenvalue weighted by Crippen LogP contribution is -2.27. The first-order valence-corrected chi connectivity index (χ1v) is 8.67. The van der Waals surface area contributed by atoms with Crippen LogP contribution < -0.4 is 10.1 Å². The van der Waals surface area contributed by atoms with E-state index >= 15 is 0 Å². The highest BCUT2D eigenvalue weighted by molar-refractivity contribution is 6.02. The SMILES string of the molecule is CCOc1ccc(/C=C/C(=O)Nc2cccc3c2CCN(C)C3)cc1. The zero-order chi connectivity index (χ0) is 17.6. The van der Waals surface area contributed by atoms with Crippen molar-refractivity contribution in [2.75, 3.05) is 25.5 Å². The van der Waals surface area contributed by atoms with Gasteiger partial charge in [0.2, 0.25) is 5.91 Å². The molecule has 2 aromatic rings. The molecule has 4 nitrogen and oxygen atoms in total. The molecule has 25 heavy (non-hydrogen) atoms. The summed E-state index contributed by atoms with van der Waals surface area (Å²) in [4.78, 5) is 14.6. The maximum absolute atomic E-state index is 12.3. The van der Waals surface area contributed by atoms with Crippen molar-refractivity contribution in [3.63, 3.8) is 0 Å². The molecule has 0 fully saturated rings. The van der Waals surface area contributed by atoms with Crippen LogP contribution in [-0.2, 0) is 17.8 Å². The van der Waals surface area contributed by atoms with Crippen LogP contribution in [0.15, 0.2) is 48.5 Å². The van der Waals surface area contributed by atoms with E-state index in [1.54, 1.807) is 6.08 Å². The molecule has 130 valence electrons. The molecule has 1 aliphatic rings. The number of ether oxygens (including phenoxy) is 1. The molecule has 2 aromatic carbocycles. The number of hydrogen-bond donors (Lipinski definition) is 1. The van der Waals surface area contributed by atoms with E-state index in [0.717, 1.165) is 36.5 Å². The Kier molecular flexibility index (Phi) is 5.51. The summed E-state index contributed by atoms with van der Waals surface area (Å²) < 4.78 is 5.42. The van der Waals surface area contributed by atoms with Gasteiger partial charge in [0.05, 0.1) is 6.61 Å². The highest BCUT2D eigenvalue weighted by atomic mass is 16.5. The third kappa shape index (κ3) is 4.48. The van der Waals surface area contributed by atoms with Crippen molar-refractivity contribution < 1.29 is 9.53 Å². The second kappa shape index (κ2) is 7.99. The molecular weight excluding hydrogens is 312 g/mol. The van der Waals surface area contributed by atoms with Crippen LogP contribution in [0.2, 0.25) is 0 Å². The van der Waals surface area contributed by atoms with Gasteiger partial charge in [-0.3, -0.25) is 4.79 Å². The molecule has 3 rings (SSSR count). The fourth-order valence-corrected chi connectivity index (χ4v) is 3.06. The van der Waals surface area contributed by atoms with Gasteiger partial charge in [0, 0.05) is 24.9 Å². The van der Waals surface area contributed by atoms with Crippen LogP contribution in [0.3, 0.4) is 0 Å². The van der Waals surface area contributed by atoms with Crippen molar-refractivity contribution in [3.05, 3.63) is 65.2 Å². The molecule has 0 spiro atoms. The molecular formula is C21H24N2O2. The first-order valence-electron chi connectivity index (χ1n) is 8.67. The van der Waals surface area contributed by atoms with E-state index in [0.29, 0.717) is 6.61 Å². The van der Waals surface area contributed by atoms with Gasteiger partial charge in [-0.2, -0.15) is 0 Å². The van der Waals surface area contributed by atoms with Crippen LogP contribution in [0.4, 0.5) is 5.69 Å². The summed E-state index contributed by atoms with van der Waals surface area (Å²) in [5.74, 6) is 0.728. The van der Waals surface area contributed by atoms with Crippen LogP contribution in [0.5, 0.6) is 5.75 Å². The third-order valence-corrected chi connectivity index (χ3v) is 4.33. The summed E-state index contributed by atoms with van der Waals surface area (Å²) in [7, 11) is 2.12. The van der Waals surface area contributed by atoms with E-state index in [4.69, 9.17) is 4.74 Å². The molecule has 1 amide bonds. The molecule has 0 atom stereocenters. The van der Waals surface area contributed by atoms with Crippen LogP contribution in [0, 0.1) is 0 Å². The summed E-state index contributed by atoms with van der Waals surface area (Å²) >= 11 is 0. The van der Waals surface area contributed by atoms with Gasteiger partial charge >= 0.3 is 0 Å². The quantitative estimate of drug-likeness (QED) is 0.846. The van der Waals surface area contributed by atoms with Gasteiger partial charge in [-0.1, -0.05) is 24.3 Å². The predicted molar refractivity (Wildman–Crippen MR) is 102 cm³/mol. The van der Waals surface area contributed by atoms with Gasteiger partial charge in [-0.15, -0.1) is 0 Å². The van der Waals surface area contributed by atoms with Crippen molar-refractivity contribution >= 4 is 17.7 Å². The number of carbonyl (C=O) groups excluding carboxylic acids is 1.